The minimum atomic E-state index is -0.157. The highest BCUT2D eigenvalue weighted by Gasteiger charge is 2.35. The zero-order chi connectivity index (χ0) is 19.1. The SMILES string of the molecule is CCc1ccc([C@@H]2CC[C@H](C(=O)N[C@H](C)CC)CN2C(=O)COC)cc1. The van der Waals surface area contributed by atoms with Gasteiger partial charge in [0.25, 0.3) is 0 Å². The summed E-state index contributed by atoms with van der Waals surface area (Å²) in [6, 6.07) is 8.62. The lowest BCUT2D eigenvalue weighted by Gasteiger charge is -2.39. The minimum absolute atomic E-state index is 0.0104. The van der Waals surface area contributed by atoms with E-state index in [1.165, 1.54) is 12.7 Å². The number of methoxy groups -OCH3 is 1. The van der Waals surface area contributed by atoms with Crippen molar-refractivity contribution in [2.24, 2.45) is 5.92 Å². The van der Waals surface area contributed by atoms with Gasteiger partial charge in [-0.15, -0.1) is 0 Å². The third-order valence-electron chi connectivity index (χ3n) is 5.31. The molecule has 0 bridgehead atoms. The summed E-state index contributed by atoms with van der Waals surface area (Å²) in [6.07, 6.45) is 3.48. The summed E-state index contributed by atoms with van der Waals surface area (Å²) in [5.74, 6) is -0.163. The van der Waals surface area contributed by atoms with Gasteiger partial charge in [-0.05, 0) is 43.7 Å². The Morgan fingerprint density at radius 2 is 1.92 bits per heavy atom. The van der Waals surface area contributed by atoms with Gasteiger partial charge in [0, 0.05) is 19.7 Å². The monoisotopic (exact) mass is 360 g/mol. The molecule has 0 aromatic heterocycles. The van der Waals surface area contributed by atoms with Crippen molar-refractivity contribution in [3.05, 3.63) is 35.4 Å². The smallest absolute Gasteiger partial charge is 0.249 e. The molecule has 0 saturated carbocycles. The van der Waals surface area contributed by atoms with Crippen LogP contribution < -0.4 is 5.32 Å². The molecule has 5 nitrogen and oxygen atoms in total. The van der Waals surface area contributed by atoms with E-state index in [0.717, 1.165) is 31.2 Å². The first-order chi connectivity index (χ1) is 12.5. The molecule has 144 valence electrons. The van der Waals surface area contributed by atoms with Crippen LogP contribution in [0.3, 0.4) is 0 Å². The maximum Gasteiger partial charge on any atom is 0.249 e. The third-order valence-corrected chi connectivity index (χ3v) is 5.31. The second-order valence-corrected chi connectivity index (χ2v) is 7.18. The van der Waals surface area contributed by atoms with Crippen LogP contribution in [-0.4, -0.2) is 43.0 Å². The van der Waals surface area contributed by atoms with Crippen LogP contribution in [0.25, 0.3) is 0 Å². The van der Waals surface area contributed by atoms with Gasteiger partial charge in [-0.3, -0.25) is 9.59 Å². The Bertz CT molecular complexity index is 600. The van der Waals surface area contributed by atoms with Crippen LogP contribution in [-0.2, 0) is 20.7 Å². The highest BCUT2D eigenvalue weighted by molar-refractivity contribution is 5.82. The molecule has 1 N–H and O–H groups in total. The quantitative estimate of drug-likeness (QED) is 0.813. The lowest BCUT2D eigenvalue weighted by Crippen LogP contribution is -2.49. The molecular formula is C21H32N2O3. The summed E-state index contributed by atoms with van der Waals surface area (Å²) >= 11 is 0. The first-order valence-electron chi connectivity index (χ1n) is 9.67. The van der Waals surface area contributed by atoms with E-state index in [4.69, 9.17) is 4.74 Å². The van der Waals surface area contributed by atoms with Crippen LogP contribution in [0.2, 0.25) is 0 Å². The van der Waals surface area contributed by atoms with Crippen LogP contribution in [0.4, 0.5) is 0 Å². The second kappa shape index (κ2) is 9.72. The summed E-state index contributed by atoms with van der Waals surface area (Å²) in [4.78, 5) is 27.0. The maximum absolute atomic E-state index is 12.6. The number of hydrogen-bond donors (Lipinski definition) is 1. The molecule has 2 rings (SSSR count). The van der Waals surface area contributed by atoms with Crippen molar-refractivity contribution >= 4 is 11.8 Å². The second-order valence-electron chi connectivity index (χ2n) is 7.18. The van der Waals surface area contributed by atoms with Crippen molar-refractivity contribution in [3.63, 3.8) is 0 Å². The van der Waals surface area contributed by atoms with Crippen LogP contribution in [0.5, 0.6) is 0 Å². The number of nitrogens with one attached hydrogen (secondary N) is 1. The van der Waals surface area contributed by atoms with Gasteiger partial charge in [0.1, 0.15) is 6.61 Å². The summed E-state index contributed by atoms with van der Waals surface area (Å²) < 4.78 is 5.06. The molecular weight excluding hydrogens is 328 g/mol. The van der Waals surface area contributed by atoms with Gasteiger partial charge in [0.2, 0.25) is 11.8 Å². The number of amides is 2. The van der Waals surface area contributed by atoms with E-state index < -0.39 is 0 Å². The molecule has 1 aromatic carbocycles. The van der Waals surface area contributed by atoms with Gasteiger partial charge >= 0.3 is 0 Å². The summed E-state index contributed by atoms with van der Waals surface area (Å²) in [7, 11) is 1.53. The third kappa shape index (κ3) is 5.07. The average Bonchev–Trinajstić information content (AvgIpc) is 2.67. The van der Waals surface area contributed by atoms with Crippen molar-refractivity contribution in [3.8, 4) is 0 Å². The average molecular weight is 360 g/mol. The van der Waals surface area contributed by atoms with Crippen molar-refractivity contribution in [2.75, 3.05) is 20.3 Å². The molecule has 1 aliphatic heterocycles. The number of piperidine rings is 1. The zero-order valence-electron chi connectivity index (χ0n) is 16.5. The number of carbonyl (C=O) groups excluding carboxylic acids is 2. The van der Waals surface area contributed by atoms with E-state index in [2.05, 4.69) is 43.4 Å². The zero-order valence-corrected chi connectivity index (χ0v) is 16.5. The molecule has 2 amide bonds. The summed E-state index contributed by atoms with van der Waals surface area (Å²) in [5, 5.41) is 3.05. The lowest BCUT2D eigenvalue weighted by atomic mass is 9.87. The van der Waals surface area contributed by atoms with E-state index in [9.17, 15) is 9.59 Å². The Balaban J connectivity index is 2.16. The topological polar surface area (TPSA) is 58.6 Å². The first kappa shape index (κ1) is 20.4. The van der Waals surface area contributed by atoms with Crippen molar-refractivity contribution < 1.29 is 14.3 Å². The van der Waals surface area contributed by atoms with Crippen LogP contribution >= 0.6 is 0 Å². The largest absolute Gasteiger partial charge is 0.375 e. The Morgan fingerprint density at radius 3 is 2.50 bits per heavy atom. The van der Waals surface area contributed by atoms with E-state index >= 15 is 0 Å². The molecule has 0 radical (unpaired) electrons. The fourth-order valence-electron chi connectivity index (χ4n) is 3.45. The fourth-order valence-corrected chi connectivity index (χ4v) is 3.45. The highest BCUT2D eigenvalue weighted by atomic mass is 16.5. The minimum Gasteiger partial charge on any atom is -0.375 e. The number of likely N-dealkylation sites (tertiary alicyclic amines) is 1. The first-order valence-corrected chi connectivity index (χ1v) is 9.67. The highest BCUT2D eigenvalue weighted by Crippen LogP contribution is 2.34. The molecule has 0 unspecified atom stereocenters. The van der Waals surface area contributed by atoms with Gasteiger partial charge in [0.05, 0.1) is 12.0 Å². The van der Waals surface area contributed by atoms with E-state index in [1.807, 2.05) is 11.8 Å². The number of nitrogens with zero attached hydrogens (tertiary/aromatic N) is 1. The number of ether oxygens (including phenoxy) is 1. The number of rotatable bonds is 7. The van der Waals surface area contributed by atoms with Crippen LogP contribution in [0.1, 0.15) is 57.2 Å². The molecule has 1 heterocycles. The van der Waals surface area contributed by atoms with Crippen molar-refractivity contribution in [1.82, 2.24) is 10.2 Å². The number of hydrogen-bond acceptors (Lipinski definition) is 3. The number of aryl methyl sites for hydroxylation is 1. The van der Waals surface area contributed by atoms with Crippen molar-refractivity contribution in [2.45, 2.75) is 58.5 Å². The lowest BCUT2D eigenvalue weighted by molar-refractivity contribution is -0.142. The van der Waals surface area contributed by atoms with Gasteiger partial charge in [-0.25, -0.2) is 0 Å². The van der Waals surface area contributed by atoms with E-state index in [-0.39, 0.29) is 36.4 Å². The van der Waals surface area contributed by atoms with E-state index in [1.54, 1.807) is 0 Å². The van der Waals surface area contributed by atoms with Gasteiger partial charge in [0.15, 0.2) is 0 Å². The normalized spacial score (nSPS) is 21.3. The van der Waals surface area contributed by atoms with Gasteiger partial charge < -0.3 is 15.0 Å². The number of benzene rings is 1. The van der Waals surface area contributed by atoms with E-state index in [0.29, 0.717) is 6.54 Å². The maximum atomic E-state index is 12.6. The predicted octanol–water partition coefficient (Wildman–Crippen LogP) is 3.09. The Morgan fingerprint density at radius 1 is 1.23 bits per heavy atom. The molecule has 0 spiro atoms. The summed E-state index contributed by atoms with van der Waals surface area (Å²) in [5.41, 5.74) is 2.41. The molecule has 26 heavy (non-hydrogen) atoms. The molecule has 1 aromatic rings. The van der Waals surface area contributed by atoms with Crippen molar-refractivity contribution in [1.29, 1.82) is 0 Å². The van der Waals surface area contributed by atoms with Crippen LogP contribution in [0, 0.1) is 5.92 Å². The summed E-state index contributed by atoms with van der Waals surface area (Å²) in [6.45, 7) is 6.68. The molecule has 0 aliphatic carbocycles. The molecule has 1 fully saturated rings. The molecule has 5 heteroatoms. The molecule has 3 atom stereocenters. The predicted molar refractivity (Wildman–Crippen MR) is 103 cm³/mol. The number of carbonyl (C=O) groups is 2. The van der Waals surface area contributed by atoms with Gasteiger partial charge in [-0.2, -0.15) is 0 Å². The molecule has 1 saturated heterocycles. The Hall–Kier alpha value is -1.88. The fraction of sp³-hybridized carbons (Fsp3) is 0.619. The Kier molecular flexibility index (Phi) is 7.64. The Labute approximate surface area is 157 Å². The van der Waals surface area contributed by atoms with Gasteiger partial charge in [-0.1, -0.05) is 38.1 Å². The molecule has 1 aliphatic rings. The standard InChI is InChI=1S/C21H32N2O3/c1-5-15(3)22-21(25)18-11-12-19(23(13-18)20(24)14-26-4)17-9-7-16(6-2)8-10-17/h7-10,15,18-19H,5-6,11-14H2,1-4H3,(H,22,25)/t15-,18+,19+/m1/s1. The van der Waals surface area contributed by atoms with Crippen LogP contribution in [0.15, 0.2) is 24.3 Å².